The molecule has 0 spiro atoms. The van der Waals surface area contributed by atoms with Gasteiger partial charge >= 0.3 is 33.0 Å². The van der Waals surface area contributed by atoms with Crippen molar-refractivity contribution in [1.82, 2.24) is 0 Å². The maximum absolute atomic E-state index is 4.70. The molecular weight excluding hydrogens is 422 g/mol. The summed E-state index contributed by atoms with van der Waals surface area (Å²) in [6.45, 7) is 13.2. The molecule has 0 N–H and O–H groups in total. The van der Waals surface area contributed by atoms with Gasteiger partial charge in [-0.15, -0.1) is 0 Å². The van der Waals surface area contributed by atoms with Gasteiger partial charge in [-0.3, -0.25) is 9.98 Å². The average Bonchev–Trinajstić information content (AvgIpc) is 2.58. The van der Waals surface area contributed by atoms with Gasteiger partial charge in [0.05, 0.1) is 11.4 Å². The van der Waals surface area contributed by atoms with Gasteiger partial charge in [0, 0.05) is 12.4 Å². The van der Waals surface area contributed by atoms with Gasteiger partial charge in [0.1, 0.15) is 0 Å². The first kappa shape index (κ1) is 23.9. The van der Waals surface area contributed by atoms with E-state index in [0.717, 1.165) is 11.4 Å². The van der Waals surface area contributed by atoms with Crippen LogP contribution >= 0.6 is 20.4 Å². The van der Waals surface area contributed by atoms with Crippen molar-refractivity contribution in [3.05, 3.63) is 59.7 Å². The van der Waals surface area contributed by atoms with Crippen molar-refractivity contribution < 1.29 is 12.7 Å². The van der Waals surface area contributed by atoms with Gasteiger partial charge in [-0.25, -0.2) is 0 Å². The van der Waals surface area contributed by atoms with Gasteiger partial charge in [-0.1, -0.05) is 77.9 Å². The average molecular weight is 450 g/mol. The zero-order chi connectivity index (χ0) is 20.5. The molecule has 2 aromatic carbocycles. The van der Waals surface area contributed by atoms with E-state index in [1.54, 1.807) is 12.4 Å². The molecule has 0 fully saturated rings. The molecule has 2 nitrogen and oxygen atoms in total. The molecule has 0 aliphatic carbocycles. The number of benzene rings is 2. The molecule has 5 heteroatoms. The summed E-state index contributed by atoms with van der Waals surface area (Å²) in [7, 11) is 9.40. The van der Waals surface area contributed by atoms with Crippen LogP contribution < -0.4 is 0 Å². The molecule has 0 aromatic heterocycles. The van der Waals surface area contributed by atoms with Crippen LogP contribution in [0.5, 0.6) is 0 Å². The van der Waals surface area contributed by atoms with Crippen LogP contribution in [0.15, 0.2) is 58.5 Å². The molecule has 2 rings (SSSR count). The third kappa shape index (κ3) is 8.17. The normalized spacial score (nSPS) is 12.4. The Balaban J connectivity index is 0.00000114. The van der Waals surface area contributed by atoms with Crippen LogP contribution in [0.1, 0.15) is 52.7 Å². The third-order valence-corrected chi connectivity index (χ3v) is 3.92. The minimum atomic E-state index is 0.0733. The molecule has 0 saturated carbocycles. The van der Waals surface area contributed by atoms with Gasteiger partial charge < -0.3 is 0 Å². The first-order chi connectivity index (χ1) is 12.6. The van der Waals surface area contributed by atoms with E-state index in [4.69, 9.17) is 20.4 Å². The Morgan fingerprint density at radius 1 is 0.667 bits per heavy atom. The second kappa shape index (κ2) is 11.0. The number of halogens is 2. The van der Waals surface area contributed by atoms with E-state index in [1.165, 1.54) is 11.1 Å². The van der Waals surface area contributed by atoms with E-state index in [9.17, 15) is 0 Å². The molecule has 0 amide bonds. The SMILES string of the molecule is CC(C)(C)c1ccccc1N=CC=Nc1ccccc1C(C)(C)C.[Cl][Ni][Cl]. The van der Waals surface area contributed by atoms with Gasteiger partial charge in [0.25, 0.3) is 0 Å². The predicted molar refractivity (Wildman–Crippen MR) is 118 cm³/mol. The Morgan fingerprint density at radius 2 is 0.963 bits per heavy atom. The first-order valence-electron chi connectivity index (χ1n) is 8.69. The summed E-state index contributed by atoms with van der Waals surface area (Å²) in [5, 5.41) is 0. The number of hydrogen-bond acceptors (Lipinski definition) is 2. The fourth-order valence-corrected chi connectivity index (χ4v) is 2.67. The summed E-state index contributed by atoms with van der Waals surface area (Å²) in [5.41, 5.74) is 4.63. The Bertz CT molecular complexity index is 707. The van der Waals surface area contributed by atoms with Crippen LogP contribution in [0.4, 0.5) is 11.4 Å². The number of aliphatic imine (C=N–C) groups is 2. The Kier molecular flexibility index (Phi) is 9.73. The van der Waals surface area contributed by atoms with Crippen molar-refractivity contribution >= 4 is 44.2 Å². The van der Waals surface area contributed by atoms with E-state index in [-0.39, 0.29) is 10.8 Å². The zero-order valence-corrected chi connectivity index (χ0v) is 19.2. The molecule has 0 aliphatic rings. The topological polar surface area (TPSA) is 24.7 Å². The monoisotopic (exact) mass is 448 g/mol. The van der Waals surface area contributed by atoms with Crippen LogP contribution in [0.25, 0.3) is 0 Å². The molecule has 0 saturated heterocycles. The summed E-state index contributed by atoms with van der Waals surface area (Å²) in [4.78, 5) is 9.21. The van der Waals surface area contributed by atoms with E-state index in [1.807, 2.05) is 24.3 Å². The van der Waals surface area contributed by atoms with Crippen LogP contribution in [0.2, 0.25) is 0 Å². The Hall–Kier alpha value is -1.15. The van der Waals surface area contributed by atoms with Crippen LogP contribution in [0.3, 0.4) is 0 Å². The summed E-state index contributed by atoms with van der Waals surface area (Å²) in [6, 6.07) is 16.5. The van der Waals surface area contributed by atoms with Crippen molar-refractivity contribution in [2.24, 2.45) is 9.98 Å². The van der Waals surface area contributed by atoms with Crippen molar-refractivity contribution in [2.75, 3.05) is 0 Å². The molecule has 0 radical (unpaired) electrons. The van der Waals surface area contributed by atoms with Crippen molar-refractivity contribution in [1.29, 1.82) is 0 Å². The fraction of sp³-hybridized carbons (Fsp3) is 0.364. The van der Waals surface area contributed by atoms with E-state index < -0.39 is 0 Å². The molecule has 0 heterocycles. The number of hydrogen-bond donors (Lipinski definition) is 0. The van der Waals surface area contributed by atoms with E-state index in [0.29, 0.717) is 12.7 Å². The molecule has 150 valence electrons. The quantitative estimate of drug-likeness (QED) is 0.337. The standard InChI is InChI=1S/C22H28N2.2ClH.Ni/c1-21(2,3)17-11-7-9-13-19(17)23-15-16-24-20-14-10-8-12-18(20)22(4,5)6;;;/h7-16H,1-6H3;2*1H;/q;;;+2/p-2. The summed E-state index contributed by atoms with van der Waals surface area (Å²) in [5.74, 6) is 0. The minimum absolute atomic E-state index is 0.0733. The second-order valence-electron chi connectivity index (χ2n) is 8.14. The van der Waals surface area contributed by atoms with Crippen molar-refractivity contribution in [3.63, 3.8) is 0 Å². The Labute approximate surface area is 178 Å². The molecule has 0 bridgehead atoms. The van der Waals surface area contributed by atoms with E-state index in [2.05, 4.69) is 75.8 Å². The Morgan fingerprint density at radius 3 is 1.26 bits per heavy atom. The number of nitrogens with zero attached hydrogens (tertiary/aromatic N) is 2. The number of para-hydroxylation sites is 2. The zero-order valence-electron chi connectivity index (χ0n) is 16.7. The van der Waals surface area contributed by atoms with Crippen LogP contribution in [-0.2, 0) is 23.5 Å². The fourth-order valence-electron chi connectivity index (χ4n) is 2.67. The summed E-state index contributed by atoms with van der Waals surface area (Å²) < 4.78 is 0. The second-order valence-corrected chi connectivity index (χ2v) is 9.77. The van der Waals surface area contributed by atoms with Gasteiger partial charge in [0.15, 0.2) is 0 Å². The van der Waals surface area contributed by atoms with Gasteiger partial charge in [0.2, 0.25) is 0 Å². The molecular formula is C22H28Cl2N2Ni. The molecule has 27 heavy (non-hydrogen) atoms. The molecule has 2 aromatic rings. The third-order valence-electron chi connectivity index (χ3n) is 3.92. The van der Waals surface area contributed by atoms with Crippen molar-refractivity contribution in [2.45, 2.75) is 52.4 Å². The predicted octanol–water partition coefficient (Wildman–Crippen LogP) is 7.76. The summed E-state index contributed by atoms with van der Waals surface area (Å²) in [6.07, 6.45) is 3.56. The van der Waals surface area contributed by atoms with Crippen LogP contribution in [0, 0.1) is 0 Å². The van der Waals surface area contributed by atoms with Gasteiger partial charge in [-0.05, 0) is 34.1 Å². The first-order valence-corrected chi connectivity index (χ1v) is 11.4. The van der Waals surface area contributed by atoms with Crippen molar-refractivity contribution in [3.8, 4) is 0 Å². The summed E-state index contributed by atoms with van der Waals surface area (Å²) >= 11 is 0.569. The molecule has 0 unspecified atom stereocenters. The van der Waals surface area contributed by atoms with E-state index >= 15 is 0 Å². The maximum atomic E-state index is 4.70. The molecule has 0 aliphatic heterocycles. The number of rotatable bonds is 3. The van der Waals surface area contributed by atoms with Gasteiger partial charge in [-0.2, -0.15) is 0 Å². The molecule has 0 atom stereocenters. The van der Waals surface area contributed by atoms with Crippen LogP contribution in [-0.4, -0.2) is 12.4 Å².